The molecule has 3 nitrogen and oxygen atoms in total. The van der Waals surface area contributed by atoms with Gasteiger partial charge in [0, 0.05) is 0 Å². The Balaban J connectivity index is 2.99. The summed E-state index contributed by atoms with van der Waals surface area (Å²) >= 11 is 7.90. The van der Waals surface area contributed by atoms with Crippen molar-refractivity contribution in [2.45, 2.75) is 5.33 Å². The number of ether oxygens (including phenoxy) is 1. The Bertz CT molecular complexity index is 300. The minimum Gasteiger partial charge on any atom is -0.464 e. The molecule has 0 aliphatic heterocycles. The average molecular weight is 315 g/mol. The lowest BCUT2D eigenvalue weighted by Crippen LogP contribution is -2.02. The topological polar surface area (TPSA) is 39.2 Å². The Morgan fingerprint density at radius 3 is 2.83 bits per heavy atom. The molecule has 0 bridgehead atoms. The van der Waals surface area contributed by atoms with Gasteiger partial charge in [-0.3, -0.25) is 0 Å². The van der Waals surface area contributed by atoms with E-state index >= 15 is 0 Å². The van der Waals surface area contributed by atoms with Gasteiger partial charge in [-0.25, -0.2) is 9.78 Å². The highest BCUT2D eigenvalue weighted by molar-refractivity contribution is 9.11. The third-order valence-corrected chi connectivity index (χ3v) is 3.73. The summed E-state index contributed by atoms with van der Waals surface area (Å²) in [5.74, 6) is -0.412. The molecule has 1 aromatic heterocycles. The van der Waals surface area contributed by atoms with Gasteiger partial charge in [0.2, 0.25) is 0 Å². The maximum atomic E-state index is 11.0. The van der Waals surface area contributed by atoms with Crippen molar-refractivity contribution in [1.82, 2.24) is 4.98 Å². The molecule has 12 heavy (non-hydrogen) atoms. The highest BCUT2D eigenvalue weighted by atomic mass is 79.9. The Hall–Kier alpha value is 0.0600. The van der Waals surface area contributed by atoms with Crippen molar-refractivity contribution in [3.8, 4) is 0 Å². The van der Waals surface area contributed by atoms with Gasteiger partial charge in [0.1, 0.15) is 8.79 Å². The van der Waals surface area contributed by atoms with Gasteiger partial charge in [0.15, 0.2) is 5.69 Å². The molecule has 0 spiro atoms. The molecule has 0 aliphatic carbocycles. The zero-order valence-corrected chi connectivity index (χ0v) is 10.1. The van der Waals surface area contributed by atoms with Gasteiger partial charge < -0.3 is 4.74 Å². The van der Waals surface area contributed by atoms with Gasteiger partial charge in [-0.2, -0.15) is 0 Å². The molecule has 0 aromatic carbocycles. The van der Waals surface area contributed by atoms with Crippen LogP contribution in [0.4, 0.5) is 0 Å². The summed E-state index contributed by atoms with van der Waals surface area (Å²) in [5, 5.41) is 1.50. The third kappa shape index (κ3) is 2.05. The third-order valence-electron chi connectivity index (χ3n) is 1.12. The molecule has 1 rings (SSSR count). The molecule has 0 N–H and O–H groups in total. The van der Waals surface area contributed by atoms with Crippen LogP contribution in [0.15, 0.2) is 3.79 Å². The zero-order chi connectivity index (χ0) is 9.14. The number of halogens is 2. The van der Waals surface area contributed by atoms with Crippen LogP contribution in [0.3, 0.4) is 0 Å². The van der Waals surface area contributed by atoms with Crippen LogP contribution in [-0.2, 0) is 10.1 Å². The first-order valence-corrected chi connectivity index (χ1v) is 5.71. The summed E-state index contributed by atoms with van der Waals surface area (Å²) in [7, 11) is 1.34. The lowest BCUT2D eigenvalue weighted by molar-refractivity contribution is 0.0594. The molecular formula is C6H5Br2NO2S. The van der Waals surface area contributed by atoms with E-state index in [1.54, 1.807) is 0 Å². The summed E-state index contributed by atoms with van der Waals surface area (Å²) in [5.41, 5.74) is 0.344. The maximum Gasteiger partial charge on any atom is 0.358 e. The van der Waals surface area contributed by atoms with Gasteiger partial charge in [0.05, 0.1) is 12.4 Å². The van der Waals surface area contributed by atoms with Gasteiger partial charge in [0.25, 0.3) is 0 Å². The molecule has 0 aliphatic rings. The molecule has 0 saturated heterocycles. The molecule has 6 heteroatoms. The van der Waals surface area contributed by atoms with E-state index in [0.29, 0.717) is 14.8 Å². The van der Waals surface area contributed by atoms with E-state index in [1.807, 2.05) is 0 Å². The lowest BCUT2D eigenvalue weighted by Gasteiger charge is -1.92. The predicted octanol–water partition coefficient (Wildman–Crippen LogP) is 2.59. The average Bonchev–Trinajstić information content (AvgIpc) is 2.45. The summed E-state index contributed by atoms with van der Waals surface area (Å²) in [6.45, 7) is 0. The molecule has 0 atom stereocenters. The van der Waals surface area contributed by atoms with Gasteiger partial charge in [-0.15, -0.1) is 11.3 Å². The van der Waals surface area contributed by atoms with E-state index < -0.39 is 5.97 Å². The molecular weight excluding hydrogens is 310 g/mol. The Morgan fingerprint density at radius 1 is 1.75 bits per heavy atom. The number of methoxy groups -OCH3 is 1. The number of alkyl halides is 1. The summed E-state index contributed by atoms with van der Waals surface area (Å²) in [4.78, 5) is 15.1. The molecule has 0 unspecified atom stereocenters. The van der Waals surface area contributed by atoms with E-state index in [-0.39, 0.29) is 0 Å². The van der Waals surface area contributed by atoms with Gasteiger partial charge >= 0.3 is 5.97 Å². The van der Waals surface area contributed by atoms with Gasteiger partial charge in [-0.1, -0.05) is 15.9 Å². The second-order valence-electron chi connectivity index (χ2n) is 1.86. The first-order chi connectivity index (χ1) is 5.69. The van der Waals surface area contributed by atoms with Crippen molar-refractivity contribution < 1.29 is 9.53 Å². The van der Waals surface area contributed by atoms with Crippen LogP contribution >= 0.6 is 43.2 Å². The number of hydrogen-bond acceptors (Lipinski definition) is 4. The molecule has 0 amide bonds. The number of nitrogens with zero attached hydrogens (tertiary/aromatic N) is 1. The molecule has 0 saturated carbocycles. The fraction of sp³-hybridized carbons (Fsp3) is 0.333. The molecule has 0 radical (unpaired) electrons. The van der Waals surface area contributed by atoms with E-state index in [1.165, 1.54) is 18.4 Å². The van der Waals surface area contributed by atoms with Crippen molar-refractivity contribution in [1.29, 1.82) is 0 Å². The lowest BCUT2D eigenvalue weighted by atomic mass is 10.5. The molecule has 66 valence electrons. The van der Waals surface area contributed by atoms with Crippen LogP contribution in [0.1, 0.15) is 15.5 Å². The quantitative estimate of drug-likeness (QED) is 0.622. The maximum absolute atomic E-state index is 11.0. The van der Waals surface area contributed by atoms with Crippen molar-refractivity contribution in [3.63, 3.8) is 0 Å². The number of esters is 1. The van der Waals surface area contributed by atoms with Crippen LogP contribution < -0.4 is 0 Å². The summed E-state index contributed by atoms with van der Waals surface area (Å²) in [6.07, 6.45) is 0. The number of rotatable bonds is 2. The van der Waals surface area contributed by atoms with E-state index in [4.69, 9.17) is 0 Å². The second kappa shape index (κ2) is 4.34. The molecule has 1 aromatic rings. The largest absolute Gasteiger partial charge is 0.464 e. The Labute approximate surface area is 90.4 Å². The second-order valence-corrected chi connectivity index (χ2v) is 4.82. The predicted molar refractivity (Wildman–Crippen MR) is 53.8 cm³/mol. The van der Waals surface area contributed by atoms with Crippen LogP contribution in [0.2, 0.25) is 0 Å². The first-order valence-electron chi connectivity index (χ1n) is 2.98. The van der Waals surface area contributed by atoms with Crippen LogP contribution in [0.25, 0.3) is 0 Å². The monoisotopic (exact) mass is 313 g/mol. The number of carbonyl (C=O) groups excluding carboxylic acids is 1. The zero-order valence-electron chi connectivity index (χ0n) is 6.13. The van der Waals surface area contributed by atoms with Crippen molar-refractivity contribution in [2.24, 2.45) is 0 Å². The fourth-order valence-electron chi connectivity index (χ4n) is 0.623. The number of thiazole rings is 1. The van der Waals surface area contributed by atoms with Crippen LogP contribution in [0, 0.1) is 0 Å². The van der Waals surface area contributed by atoms with Gasteiger partial charge in [-0.05, 0) is 15.9 Å². The number of aromatic nitrogens is 1. The number of hydrogen-bond donors (Lipinski definition) is 0. The van der Waals surface area contributed by atoms with Crippen LogP contribution in [-0.4, -0.2) is 18.1 Å². The minimum atomic E-state index is -0.412. The minimum absolute atomic E-state index is 0.344. The standard InChI is InChI=1S/C6H5Br2NO2S/c1-11-6(10)4-5(8)12-3(2-7)9-4/h2H2,1H3. The highest BCUT2D eigenvalue weighted by Gasteiger charge is 2.15. The van der Waals surface area contributed by atoms with Crippen LogP contribution in [0.5, 0.6) is 0 Å². The van der Waals surface area contributed by atoms with E-state index in [9.17, 15) is 4.79 Å². The molecule has 0 fully saturated rings. The summed E-state index contributed by atoms with van der Waals surface area (Å²) < 4.78 is 5.25. The first kappa shape index (κ1) is 10.1. The fourth-order valence-corrected chi connectivity index (χ4v) is 2.53. The van der Waals surface area contributed by atoms with E-state index in [0.717, 1.165) is 5.01 Å². The van der Waals surface area contributed by atoms with Crippen molar-refractivity contribution in [2.75, 3.05) is 7.11 Å². The normalized spacial score (nSPS) is 9.92. The Morgan fingerprint density at radius 2 is 2.42 bits per heavy atom. The Kier molecular flexibility index (Phi) is 3.67. The summed E-state index contributed by atoms with van der Waals surface area (Å²) in [6, 6.07) is 0. The SMILES string of the molecule is COC(=O)c1nc(CBr)sc1Br. The van der Waals surface area contributed by atoms with Crippen molar-refractivity contribution in [3.05, 3.63) is 14.5 Å². The highest BCUT2D eigenvalue weighted by Crippen LogP contribution is 2.26. The molecule has 1 heterocycles. The smallest absolute Gasteiger partial charge is 0.358 e. The number of carbonyl (C=O) groups is 1. The van der Waals surface area contributed by atoms with E-state index in [2.05, 4.69) is 41.6 Å². The van der Waals surface area contributed by atoms with Crippen molar-refractivity contribution >= 4 is 49.2 Å².